The Balaban J connectivity index is 1.70. The van der Waals surface area contributed by atoms with Crippen LogP contribution in [0.4, 0.5) is 0 Å². The number of hydrogen-bond acceptors (Lipinski definition) is 2. The standard InChI is InChI=1S/C12H24N2/c1-2-3-4-8-14-9-11-6-5-7-13-12(11)10-14/h11-13H,2-10H2,1H3/t11-,12+/m0/s1. The number of rotatable bonds is 4. The van der Waals surface area contributed by atoms with Crippen molar-refractivity contribution in [2.75, 3.05) is 26.2 Å². The summed E-state index contributed by atoms with van der Waals surface area (Å²) in [4.78, 5) is 2.67. The van der Waals surface area contributed by atoms with E-state index in [0.717, 1.165) is 12.0 Å². The Kier molecular flexibility index (Phi) is 3.82. The fraction of sp³-hybridized carbons (Fsp3) is 1.00. The third-order valence-corrected chi connectivity index (χ3v) is 3.75. The van der Waals surface area contributed by atoms with Crippen LogP contribution in [-0.4, -0.2) is 37.1 Å². The Morgan fingerprint density at radius 1 is 1.29 bits per heavy atom. The van der Waals surface area contributed by atoms with E-state index in [0.29, 0.717) is 0 Å². The largest absolute Gasteiger partial charge is 0.312 e. The fourth-order valence-corrected chi connectivity index (χ4v) is 2.90. The first-order valence-corrected chi connectivity index (χ1v) is 6.36. The summed E-state index contributed by atoms with van der Waals surface area (Å²) in [6, 6.07) is 0.824. The highest BCUT2D eigenvalue weighted by atomic mass is 15.2. The van der Waals surface area contributed by atoms with Crippen molar-refractivity contribution in [1.82, 2.24) is 10.2 Å². The third kappa shape index (κ3) is 2.48. The lowest BCUT2D eigenvalue weighted by molar-refractivity contribution is 0.312. The zero-order chi connectivity index (χ0) is 9.80. The van der Waals surface area contributed by atoms with Crippen LogP contribution in [-0.2, 0) is 0 Å². The summed E-state index contributed by atoms with van der Waals surface area (Å²) < 4.78 is 0. The van der Waals surface area contributed by atoms with Crippen molar-refractivity contribution in [3.8, 4) is 0 Å². The second-order valence-electron chi connectivity index (χ2n) is 4.93. The quantitative estimate of drug-likeness (QED) is 0.690. The molecule has 0 aromatic carbocycles. The van der Waals surface area contributed by atoms with Gasteiger partial charge in [-0.15, -0.1) is 0 Å². The zero-order valence-electron chi connectivity index (χ0n) is 9.47. The van der Waals surface area contributed by atoms with Crippen molar-refractivity contribution in [2.24, 2.45) is 5.92 Å². The molecule has 2 heterocycles. The number of unbranched alkanes of at least 4 members (excludes halogenated alkanes) is 2. The van der Waals surface area contributed by atoms with Crippen LogP contribution in [0.25, 0.3) is 0 Å². The van der Waals surface area contributed by atoms with Crippen molar-refractivity contribution >= 4 is 0 Å². The molecule has 0 aromatic rings. The molecule has 0 unspecified atom stereocenters. The van der Waals surface area contributed by atoms with Crippen LogP contribution in [0.15, 0.2) is 0 Å². The Morgan fingerprint density at radius 2 is 2.21 bits per heavy atom. The summed E-state index contributed by atoms with van der Waals surface area (Å²) in [7, 11) is 0. The predicted molar refractivity (Wildman–Crippen MR) is 60.5 cm³/mol. The molecule has 82 valence electrons. The number of nitrogens with one attached hydrogen (secondary N) is 1. The maximum Gasteiger partial charge on any atom is 0.0235 e. The first kappa shape index (κ1) is 10.4. The zero-order valence-corrected chi connectivity index (χ0v) is 9.47. The maximum atomic E-state index is 3.66. The van der Waals surface area contributed by atoms with Gasteiger partial charge in [0.05, 0.1) is 0 Å². The number of fused-ring (bicyclic) bond motifs is 1. The molecular weight excluding hydrogens is 172 g/mol. The van der Waals surface area contributed by atoms with Crippen molar-refractivity contribution in [3.63, 3.8) is 0 Å². The molecule has 0 radical (unpaired) electrons. The molecule has 0 amide bonds. The summed E-state index contributed by atoms with van der Waals surface area (Å²) >= 11 is 0. The van der Waals surface area contributed by atoms with Gasteiger partial charge in [-0.3, -0.25) is 0 Å². The second kappa shape index (κ2) is 5.13. The van der Waals surface area contributed by atoms with Crippen LogP contribution in [0.3, 0.4) is 0 Å². The predicted octanol–water partition coefficient (Wildman–Crippen LogP) is 1.86. The van der Waals surface area contributed by atoms with Gasteiger partial charge in [0.15, 0.2) is 0 Å². The van der Waals surface area contributed by atoms with Gasteiger partial charge in [-0.25, -0.2) is 0 Å². The Hall–Kier alpha value is -0.0800. The molecule has 0 aromatic heterocycles. The van der Waals surface area contributed by atoms with Gasteiger partial charge in [-0.1, -0.05) is 19.8 Å². The molecule has 2 rings (SSSR count). The number of piperidine rings is 1. The molecule has 2 saturated heterocycles. The lowest BCUT2D eigenvalue weighted by atomic mass is 9.94. The van der Waals surface area contributed by atoms with Crippen molar-refractivity contribution in [2.45, 2.75) is 45.1 Å². The maximum absolute atomic E-state index is 3.66. The SMILES string of the molecule is CCCCCN1C[C@@H]2CCCN[C@@H]2C1. The normalized spacial score (nSPS) is 33.2. The third-order valence-electron chi connectivity index (χ3n) is 3.75. The van der Waals surface area contributed by atoms with Gasteiger partial charge in [0.1, 0.15) is 0 Å². The fourth-order valence-electron chi connectivity index (χ4n) is 2.90. The Bertz CT molecular complexity index is 156. The Morgan fingerprint density at radius 3 is 3.00 bits per heavy atom. The summed E-state index contributed by atoms with van der Waals surface area (Å²) in [5, 5.41) is 3.66. The van der Waals surface area contributed by atoms with Crippen LogP contribution in [0, 0.1) is 5.92 Å². The van der Waals surface area contributed by atoms with Crippen molar-refractivity contribution in [1.29, 1.82) is 0 Å². The highest BCUT2D eigenvalue weighted by molar-refractivity contribution is 4.91. The lowest BCUT2D eigenvalue weighted by Gasteiger charge is -2.24. The highest BCUT2D eigenvalue weighted by Gasteiger charge is 2.33. The highest BCUT2D eigenvalue weighted by Crippen LogP contribution is 2.24. The lowest BCUT2D eigenvalue weighted by Crippen LogP contribution is -2.40. The van der Waals surface area contributed by atoms with Crippen LogP contribution >= 0.6 is 0 Å². The van der Waals surface area contributed by atoms with Crippen LogP contribution in [0.2, 0.25) is 0 Å². The average Bonchev–Trinajstić information content (AvgIpc) is 2.60. The summed E-state index contributed by atoms with van der Waals surface area (Å²) in [6.07, 6.45) is 7.00. The van der Waals surface area contributed by atoms with E-state index in [1.807, 2.05) is 0 Å². The molecule has 0 spiro atoms. The van der Waals surface area contributed by atoms with E-state index < -0.39 is 0 Å². The van der Waals surface area contributed by atoms with E-state index in [9.17, 15) is 0 Å². The minimum atomic E-state index is 0.824. The van der Waals surface area contributed by atoms with Gasteiger partial charge in [-0.2, -0.15) is 0 Å². The molecule has 2 atom stereocenters. The first-order chi connectivity index (χ1) is 6.90. The van der Waals surface area contributed by atoms with Crippen LogP contribution in [0.5, 0.6) is 0 Å². The Labute approximate surface area is 88.1 Å². The number of nitrogens with zero attached hydrogens (tertiary/aromatic N) is 1. The van der Waals surface area contributed by atoms with Gasteiger partial charge < -0.3 is 10.2 Å². The minimum Gasteiger partial charge on any atom is -0.312 e. The van der Waals surface area contributed by atoms with E-state index in [-0.39, 0.29) is 0 Å². The summed E-state index contributed by atoms with van der Waals surface area (Å²) in [5.41, 5.74) is 0. The van der Waals surface area contributed by atoms with Gasteiger partial charge in [0.2, 0.25) is 0 Å². The van der Waals surface area contributed by atoms with Gasteiger partial charge in [-0.05, 0) is 38.3 Å². The van der Waals surface area contributed by atoms with E-state index in [1.165, 1.54) is 58.3 Å². The summed E-state index contributed by atoms with van der Waals surface area (Å²) in [6.45, 7) is 7.55. The molecule has 0 aliphatic carbocycles. The number of hydrogen-bond donors (Lipinski definition) is 1. The van der Waals surface area contributed by atoms with Crippen molar-refractivity contribution in [3.05, 3.63) is 0 Å². The molecular formula is C12H24N2. The molecule has 0 saturated carbocycles. The second-order valence-corrected chi connectivity index (χ2v) is 4.93. The van der Waals surface area contributed by atoms with E-state index in [4.69, 9.17) is 0 Å². The van der Waals surface area contributed by atoms with Crippen molar-refractivity contribution < 1.29 is 0 Å². The monoisotopic (exact) mass is 196 g/mol. The molecule has 2 nitrogen and oxygen atoms in total. The molecule has 14 heavy (non-hydrogen) atoms. The molecule has 2 fully saturated rings. The van der Waals surface area contributed by atoms with Crippen LogP contribution in [0.1, 0.15) is 39.0 Å². The van der Waals surface area contributed by atoms with Gasteiger partial charge in [0, 0.05) is 19.1 Å². The smallest absolute Gasteiger partial charge is 0.0235 e. The molecule has 2 aliphatic rings. The minimum absolute atomic E-state index is 0.824. The van der Waals surface area contributed by atoms with Crippen LogP contribution < -0.4 is 5.32 Å². The first-order valence-electron chi connectivity index (χ1n) is 6.36. The average molecular weight is 196 g/mol. The molecule has 0 bridgehead atoms. The topological polar surface area (TPSA) is 15.3 Å². The molecule has 2 heteroatoms. The van der Waals surface area contributed by atoms with Gasteiger partial charge >= 0.3 is 0 Å². The number of likely N-dealkylation sites (tertiary alicyclic amines) is 1. The van der Waals surface area contributed by atoms with E-state index in [1.54, 1.807) is 0 Å². The summed E-state index contributed by atoms with van der Waals surface area (Å²) in [5.74, 6) is 0.963. The van der Waals surface area contributed by atoms with Gasteiger partial charge in [0.25, 0.3) is 0 Å². The van der Waals surface area contributed by atoms with E-state index in [2.05, 4.69) is 17.1 Å². The molecule has 2 aliphatic heterocycles. The van der Waals surface area contributed by atoms with E-state index >= 15 is 0 Å². The molecule has 1 N–H and O–H groups in total.